The van der Waals surface area contributed by atoms with Crippen LogP contribution in [0.2, 0.25) is 5.02 Å². The maximum absolute atomic E-state index is 6.24. The van der Waals surface area contributed by atoms with Gasteiger partial charge in [0.2, 0.25) is 11.8 Å². The number of hydrogen-bond donors (Lipinski definition) is 0. The predicted octanol–water partition coefficient (Wildman–Crippen LogP) is 2.39. The van der Waals surface area contributed by atoms with Gasteiger partial charge in [-0.2, -0.15) is 0 Å². The van der Waals surface area contributed by atoms with Crippen molar-refractivity contribution < 1.29 is 9.15 Å². The molecule has 2 aromatic heterocycles. The second kappa shape index (κ2) is 5.38. The molecule has 2 aromatic rings. The van der Waals surface area contributed by atoms with E-state index in [1.807, 2.05) is 6.07 Å². The molecule has 106 valence electrons. The van der Waals surface area contributed by atoms with Crippen molar-refractivity contribution in [3.8, 4) is 0 Å². The van der Waals surface area contributed by atoms with Crippen molar-refractivity contribution in [2.24, 2.45) is 0 Å². The third-order valence-corrected chi connectivity index (χ3v) is 3.77. The summed E-state index contributed by atoms with van der Waals surface area (Å²) in [7, 11) is 1.71. The van der Waals surface area contributed by atoms with Crippen LogP contribution in [0, 0.1) is 6.92 Å². The summed E-state index contributed by atoms with van der Waals surface area (Å²) in [6.45, 7) is 2.51. The number of ether oxygens (including phenoxy) is 1. The zero-order valence-corrected chi connectivity index (χ0v) is 12.0. The third kappa shape index (κ3) is 2.36. The van der Waals surface area contributed by atoms with Gasteiger partial charge in [0, 0.05) is 39.4 Å². The van der Waals surface area contributed by atoms with Crippen LogP contribution in [0.1, 0.15) is 24.2 Å². The number of pyridine rings is 1. The van der Waals surface area contributed by atoms with Crippen LogP contribution in [0.5, 0.6) is 0 Å². The van der Waals surface area contributed by atoms with Crippen molar-refractivity contribution in [3.05, 3.63) is 35.3 Å². The van der Waals surface area contributed by atoms with Crippen LogP contribution in [-0.4, -0.2) is 34.9 Å². The Hall–Kier alpha value is -1.66. The van der Waals surface area contributed by atoms with E-state index >= 15 is 0 Å². The standard InChI is InChI=1S/C13H15ClN4O2/c1-8-16-17-13(20-8)12-5-9(19-2)7-18(12)11-3-4-15-6-10(11)14/h3-4,6,9,12H,5,7H2,1-2H3/t9-,12-/m1/s1. The van der Waals surface area contributed by atoms with Crippen LogP contribution in [0.25, 0.3) is 0 Å². The fraction of sp³-hybridized carbons (Fsp3) is 0.462. The molecule has 6 nitrogen and oxygen atoms in total. The molecular formula is C13H15ClN4O2. The van der Waals surface area contributed by atoms with E-state index in [4.69, 9.17) is 20.8 Å². The van der Waals surface area contributed by atoms with Gasteiger partial charge in [0.15, 0.2) is 0 Å². The number of anilines is 1. The van der Waals surface area contributed by atoms with Gasteiger partial charge in [0.05, 0.1) is 16.8 Å². The first kappa shape index (κ1) is 13.3. The van der Waals surface area contributed by atoms with E-state index in [2.05, 4.69) is 20.1 Å². The SMILES string of the molecule is CO[C@@H]1C[C@H](c2nnc(C)o2)N(c2ccncc2Cl)C1. The topological polar surface area (TPSA) is 64.3 Å². The van der Waals surface area contributed by atoms with Gasteiger partial charge in [-0.3, -0.25) is 4.98 Å². The Kier molecular flexibility index (Phi) is 3.58. The first-order valence-corrected chi connectivity index (χ1v) is 6.75. The molecule has 20 heavy (non-hydrogen) atoms. The molecule has 0 bridgehead atoms. The second-order valence-corrected chi connectivity index (χ2v) is 5.16. The summed E-state index contributed by atoms with van der Waals surface area (Å²) in [5.74, 6) is 1.15. The Morgan fingerprint density at radius 3 is 2.95 bits per heavy atom. The number of aromatic nitrogens is 3. The van der Waals surface area contributed by atoms with Crippen molar-refractivity contribution in [2.75, 3.05) is 18.6 Å². The molecule has 3 rings (SSSR count). The van der Waals surface area contributed by atoms with Gasteiger partial charge in [-0.25, -0.2) is 0 Å². The van der Waals surface area contributed by atoms with Gasteiger partial charge in [0.1, 0.15) is 6.04 Å². The normalized spacial score (nSPS) is 22.4. The third-order valence-electron chi connectivity index (χ3n) is 3.48. The Morgan fingerprint density at radius 1 is 1.45 bits per heavy atom. The van der Waals surface area contributed by atoms with Gasteiger partial charge in [-0.05, 0) is 6.07 Å². The van der Waals surface area contributed by atoms with E-state index in [1.165, 1.54) is 0 Å². The van der Waals surface area contributed by atoms with Crippen molar-refractivity contribution in [1.82, 2.24) is 15.2 Å². The molecule has 0 amide bonds. The van der Waals surface area contributed by atoms with Crippen LogP contribution in [0.4, 0.5) is 5.69 Å². The maximum atomic E-state index is 6.24. The number of hydrogen-bond acceptors (Lipinski definition) is 6. The van der Waals surface area contributed by atoms with Crippen LogP contribution in [0.3, 0.4) is 0 Å². The van der Waals surface area contributed by atoms with E-state index in [9.17, 15) is 0 Å². The number of rotatable bonds is 3. The summed E-state index contributed by atoms with van der Waals surface area (Å²) in [6, 6.07) is 1.86. The lowest BCUT2D eigenvalue weighted by molar-refractivity contribution is 0.117. The van der Waals surface area contributed by atoms with Crippen molar-refractivity contribution in [1.29, 1.82) is 0 Å². The lowest BCUT2D eigenvalue weighted by atomic mass is 10.2. The largest absolute Gasteiger partial charge is 0.423 e. The van der Waals surface area contributed by atoms with Crippen LogP contribution in [0.15, 0.2) is 22.9 Å². The molecule has 0 spiro atoms. The van der Waals surface area contributed by atoms with E-state index in [0.29, 0.717) is 16.8 Å². The number of halogens is 1. The Bertz CT molecular complexity index is 604. The molecule has 0 unspecified atom stereocenters. The minimum Gasteiger partial charge on any atom is -0.423 e. The lowest BCUT2D eigenvalue weighted by Crippen LogP contribution is -2.25. The summed E-state index contributed by atoms with van der Waals surface area (Å²) < 4.78 is 11.0. The average Bonchev–Trinajstić information content (AvgIpc) is 3.05. The Morgan fingerprint density at radius 2 is 2.30 bits per heavy atom. The molecule has 0 N–H and O–H groups in total. The number of aryl methyl sites for hydroxylation is 1. The lowest BCUT2D eigenvalue weighted by Gasteiger charge is -2.24. The molecule has 1 saturated heterocycles. The van der Waals surface area contributed by atoms with E-state index in [1.54, 1.807) is 26.4 Å². The maximum Gasteiger partial charge on any atom is 0.238 e. The minimum absolute atomic E-state index is 0.0268. The van der Waals surface area contributed by atoms with Crippen molar-refractivity contribution >= 4 is 17.3 Å². The zero-order chi connectivity index (χ0) is 14.1. The zero-order valence-electron chi connectivity index (χ0n) is 11.3. The monoisotopic (exact) mass is 294 g/mol. The summed E-state index contributed by atoms with van der Waals surface area (Å²) >= 11 is 6.24. The number of nitrogens with zero attached hydrogens (tertiary/aromatic N) is 4. The highest BCUT2D eigenvalue weighted by atomic mass is 35.5. The van der Waals surface area contributed by atoms with Gasteiger partial charge < -0.3 is 14.1 Å². The molecule has 1 aliphatic heterocycles. The van der Waals surface area contributed by atoms with Gasteiger partial charge in [-0.15, -0.1) is 10.2 Å². The smallest absolute Gasteiger partial charge is 0.238 e. The molecule has 2 atom stereocenters. The van der Waals surface area contributed by atoms with Crippen LogP contribution in [-0.2, 0) is 4.74 Å². The van der Waals surface area contributed by atoms with Crippen molar-refractivity contribution in [2.45, 2.75) is 25.5 Å². The molecule has 1 aliphatic rings. The fourth-order valence-corrected chi connectivity index (χ4v) is 2.74. The molecule has 7 heteroatoms. The molecular weight excluding hydrogens is 280 g/mol. The van der Waals surface area contributed by atoms with Gasteiger partial charge in [0.25, 0.3) is 0 Å². The molecule has 0 aliphatic carbocycles. The molecule has 0 aromatic carbocycles. The minimum atomic E-state index is -0.0268. The van der Waals surface area contributed by atoms with Crippen LogP contribution < -0.4 is 4.90 Å². The first-order chi connectivity index (χ1) is 9.69. The summed E-state index contributed by atoms with van der Waals surface area (Å²) in [4.78, 5) is 6.15. The summed E-state index contributed by atoms with van der Waals surface area (Å²) in [5, 5.41) is 8.63. The summed E-state index contributed by atoms with van der Waals surface area (Å²) in [5.41, 5.74) is 0.905. The van der Waals surface area contributed by atoms with Crippen LogP contribution >= 0.6 is 11.6 Å². The predicted molar refractivity (Wildman–Crippen MR) is 73.8 cm³/mol. The highest BCUT2D eigenvalue weighted by Gasteiger charge is 2.37. The quantitative estimate of drug-likeness (QED) is 0.866. The van der Waals surface area contributed by atoms with Gasteiger partial charge >= 0.3 is 0 Å². The molecule has 1 fully saturated rings. The summed E-state index contributed by atoms with van der Waals surface area (Å²) in [6.07, 6.45) is 4.25. The molecule has 3 heterocycles. The first-order valence-electron chi connectivity index (χ1n) is 6.38. The van der Waals surface area contributed by atoms with E-state index in [0.717, 1.165) is 18.7 Å². The second-order valence-electron chi connectivity index (χ2n) is 4.75. The van der Waals surface area contributed by atoms with E-state index in [-0.39, 0.29) is 12.1 Å². The molecule has 0 saturated carbocycles. The Labute approximate surface area is 121 Å². The molecule has 0 radical (unpaired) electrons. The van der Waals surface area contributed by atoms with E-state index < -0.39 is 0 Å². The Balaban J connectivity index is 1.96. The highest BCUT2D eigenvalue weighted by molar-refractivity contribution is 6.33. The number of methoxy groups -OCH3 is 1. The highest BCUT2D eigenvalue weighted by Crippen LogP contribution is 2.39. The fourth-order valence-electron chi connectivity index (χ4n) is 2.52. The van der Waals surface area contributed by atoms with Crippen molar-refractivity contribution in [3.63, 3.8) is 0 Å². The average molecular weight is 295 g/mol. The van der Waals surface area contributed by atoms with Gasteiger partial charge in [-0.1, -0.05) is 11.6 Å².